The molecule has 0 aliphatic rings. The number of pyridine rings is 1. The van der Waals surface area contributed by atoms with Crippen molar-refractivity contribution in [3.63, 3.8) is 0 Å². The quantitative estimate of drug-likeness (QED) is 0.489. The van der Waals surface area contributed by atoms with Crippen LogP contribution in [0.4, 0.5) is 15.3 Å². The van der Waals surface area contributed by atoms with Gasteiger partial charge in [0.15, 0.2) is 0 Å². The maximum atomic E-state index is 13.6. The number of ether oxygens (including phenoxy) is 1. The van der Waals surface area contributed by atoms with Crippen LogP contribution in [0.2, 0.25) is 0 Å². The monoisotopic (exact) mass is 479 g/mol. The first-order chi connectivity index (χ1) is 16.4. The van der Waals surface area contributed by atoms with Crippen LogP contribution in [0.5, 0.6) is 0 Å². The molecule has 35 heavy (non-hydrogen) atoms. The van der Waals surface area contributed by atoms with Crippen molar-refractivity contribution >= 4 is 28.6 Å². The zero-order valence-corrected chi connectivity index (χ0v) is 21.1. The number of hydrogen-bond donors (Lipinski definition) is 2. The molecule has 8 heteroatoms. The molecule has 2 aromatic carbocycles. The van der Waals surface area contributed by atoms with Gasteiger partial charge in [-0.3, -0.25) is 9.69 Å². The molecule has 0 aliphatic heterocycles. The Balaban J connectivity index is 2.32. The number of anilines is 1. The van der Waals surface area contributed by atoms with Crippen LogP contribution in [0.3, 0.4) is 0 Å². The van der Waals surface area contributed by atoms with Crippen LogP contribution in [-0.4, -0.2) is 34.5 Å². The van der Waals surface area contributed by atoms with Crippen molar-refractivity contribution in [1.29, 1.82) is 0 Å². The van der Waals surface area contributed by atoms with Crippen LogP contribution < -0.4 is 15.8 Å². The summed E-state index contributed by atoms with van der Waals surface area (Å²) < 4.78 is 7.11. The Morgan fingerprint density at radius 1 is 1.09 bits per heavy atom. The first-order valence-corrected chi connectivity index (χ1v) is 11.6. The van der Waals surface area contributed by atoms with Crippen LogP contribution >= 0.6 is 0 Å². The molecule has 0 unspecified atom stereocenters. The van der Waals surface area contributed by atoms with E-state index >= 15 is 0 Å². The minimum atomic E-state index is -1.11. The van der Waals surface area contributed by atoms with Gasteiger partial charge in [-0.2, -0.15) is 0 Å². The molecule has 0 saturated carbocycles. The fourth-order valence-corrected chi connectivity index (χ4v) is 3.94. The normalized spacial score (nSPS) is 11.5. The molecule has 3 aromatic rings. The first kappa shape index (κ1) is 25.8. The highest BCUT2D eigenvalue weighted by atomic mass is 16.6. The maximum absolute atomic E-state index is 13.6. The summed E-state index contributed by atoms with van der Waals surface area (Å²) in [7, 11) is 1.46. The van der Waals surface area contributed by atoms with E-state index in [1.54, 1.807) is 43.5 Å². The van der Waals surface area contributed by atoms with Gasteiger partial charge in [-0.15, -0.1) is 0 Å². The van der Waals surface area contributed by atoms with Gasteiger partial charge >= 0.3 is 12.2 Å². The highest BCUT2D eigenvalue weighted by Gasteiger charge is 2.22. The second-order valence-electron chi connectivity index (χ2n) is 9.92. The van der Waals surface area contributed by atoms with Crippen molar-refractivity contribution in [3.8, 4) is 11.1 Å². The number of nitrogens with zero attached hydrogens (tertiary/aromatic N) is 2. The smallest absolute Gasteiger partial charge is 0.411 e. The van der Waals surface area contributed by atoms with E-state index in [9.17, 15) is 19.5 Å². The number of nitrogens with one attached hydrogen (secondary N) is 1. The van der Waals surface area contributed by atoms with Gasteiger partial charge in [0.1, 0.15) is 5.60 Å². The standard InChI is InChI=1S/C27H33N3O5/c1-17(2)16-30-22(15-28-25(32)35-27(3,4)5)23(18-10-8-7-9-11-18)21-14-19(29(6)26(33)34)12-13-20(21)24(30)31/h7-14,17H,15-16H2,1-6H3,(H,28,32)(H,33,34). The van der Waals surface area contributed by atoms with E-state index in [1.165, 1.54) is 7.05 Å². The molecular formula is C27H33N3O5. The number of rotatable bonds is 6. The topological polar surface area (TPSA) is 101 Å². The molecule has 0 fully saturated rings. The molecule has 2 N–H and O–H groups in total. The summed E-state index contributed by atoms with van der Waals surface area (Å²) in [6.07, 6.45) is -1.69. The number of aromatic nitrogens is 1. The van der Waals surface area contributed by atoms with E-state index in [-0.39, 0.29) is 18.0 Å². The first-order valence-electron chi connectivity index (χ1n) is 11.6. The summed E-state index contributed by atoms with van der Waals surface area (Å²) in [5, 5.41) is 13.4. The average Bonchev–Trinajstić information content (AvgIpc) is 2.78. The van der Waals surface area contributed by atoms with Crippen molar-refractivity contribution in [2.45, 2.75) is 53.3 Å². The maximum Gasteiger partial charge on any atom is 0.411 e. The lowest BCUT2D eigenvalue weighted by Crippen LogP contribution is -2.35. The van der Waals surface area contributed by atoms with E-state index < -0.39 is 17.8 Å². The SMILES string of the molecule is CC(C)Cn1c(CNC(=O)OC(C)(C)C)c(-c2ccccc2)c2cc(N(C)C(=O)O)ccc2c1=O. The van der Waals surface area contributed by atoms with Crippen LogP contribution in [-0.2, 0) is 17.8 Å². The average molecular weight is 480 g/mol. The van der Waals surface area contributed by atoms with Gasteiger partial charge in [0.25, 0.3) is 5.56 Å². The molecule has 0 atom stereocenters. The summed E-state index contributed by atoms with van der Waals surface area (Å²) in [6.45, 7) is 9.92. The van der Waals surface area contributed by atoms with Gasteiger partial charge in [0.05, 0.1) is 6.54 Å². The van der Waals surface area contributed by atoms with Crippen molar-refractivity contribution in [2.24, 2.45) is 5.92 Å². The zero-order valence-electron chi connectivity index (χ0n) is 21.1. The Kier molecular flexibility index (Phi) is 7.53. The highest BCUT2D eigenvalue weighted by Crippen LogP contribution is 2.33. The van der Waals surface area contributed by atoms with Gasteiger partial charge < -0.3 is 19.7 Å². The number of carbonyl (C=O) groups excluding carboxylic acids is 1. The number of amides is 2. The Bertz CT molecular complexity index is 1290. The van der Waals surface area contributed by atoms with Gasteiger partial charge in [0.2, 0.25) is 0 Å². The van der Waals surface area contributed by atoms with Crippen LogP contribution in [0.15, 0.2) is 53.3 Å². The largest absolute Gasteiger partial charge is 0.465 e. The fourth-order valence-electron chi connectivity index (χ4n) is 3.94. The Morgan fingerprint density at radius 2 is 1.74 bits per heavy atom. The second kappa shape index (κ2) is 10.2. The summed E-state index contributed by atoms with van der Waals surface area (Å²) in [5.74, 6) is 0.173. The van der Waals surface area contributed by atoms with E-state index in [0.29, 0.717) is 28.7 Å². The molecule has 0 bridgehead atoms. The van der Waals surface area contributed by atoms with E-state index in [2.05, 4.69) is 5.32 Å². The predicted molar refractivity (Wildman–Crippen MR) is 138 cm³/mol. The number of carboxylic acid groups (broad SMARTS) is 1. The van der Waals surface area contributed by atoms with Gasteiger partial charge in [-0.05, 0) is 55.8 Å². The number of benzene rings is 2. The van der Waals surface area contributed by atoms with Crippen LogP contribution in [0.25, 0.3) is 21.9 Å². The zero-order chi connectivity index (χ0) is 25.9. The summed E-state index contributed by atoms with van der Waals surface area (Å²) in [6, 6.07) is 14.6. The van der Waals surface area contributed by atoms with Crippen molar-refractivity contribution in [2.75, 3.05) is 11.9 Å². The highest BCUT2D eigenvalue weighted by molar-refractivity contribution is 6.00. The number of carbonyl (C=O) groups is 2. The number of hydrogen-bond acceptors (Lipinski definition) is 4. The van der Waals surface area contributed by atoms with E-state index in [0.717, 1.165) is 16.0 Å². The molecule has 2 amide bonds. The van der Waals surface area contributed by atoms with Gasteiger partial charge in [-0.25, -0.2) is 9.59 Å². The summed E-state index contributed by atoms with van der Waals surface area (Å²) >= 11 is 0. The summed E-state index contributed by atoms with van der Waals surface area (Å²) in [4.78, 5) is 38.8. The van der Waals surface area contributed by atoms with Crippen LogP contribution in [0, 0.1) is 5.92 Å². The van der Waals surface area contributed by atoms with Crippen LogP contribution in [0.1, 0.15) is 40.3 Å². The molecule has 186 valence electrons. The van der Waals surface area contributed by atoms with Crippen molar-refractivity contribution in [1.82, 2.24) is 9.88 Å². The lowest BCUT2D eigenvalue weighted by Gasteiger charge is -2.24. The molecule has 0 aliphatic carbocycles. The molecule has 0 saturated heterocycles. The lowest BCUT2D eigenvalue weighted by atomic mass is 9.95. The fraction of sp³-hybridized carbons (Fsp3) is 0.370. The molecule has 1 heterocycles. The minimum absolute atomic E-state index is 0.0655. The van der Waals surface area contributed by atoms with Gasteiger partial charge in [-0.1, -0.05) is 44.2 Å². The second-order valence-corrected chi connectivity index (χ2v) is 9.92. The van der Waals surface area contributed by atoms with E-state index in [4.69, 9.17) is 4.74 Å². The minimum Gasteiger partial charge on any atom is -0.465 e. The Morgan fingerprint density at radius 3 is 2.31 bits per heavy atom. The Hall–Kier alpha value is -3.81. The predicted octanol–water partition coefficient (Wildman–Crippen LogP) is 5.46. The summed E-state index contributed by atoms with van der Waals surface area (Å²) in [5.41, 5.74) is 1.82. The third-order valence-electron chi connectivity index (χ3n) is 5.45. The number of fused-ring (bicyclic) bond motifs is 1. The third-order valence-corrected chi connectivity index (χ3v) is 5.45. The molecule has 8 nitrogen and oxygen atoms in total. The third kappa shape index (κ3) is 6.01. The number of alkyl carbamates (subject to hydrolysis) is 1. The molecule has 1 aromatic heterocycles. The van der Waals surface area contributed by atoms with Crippen molar-refractivity contribution < 1.29 is 19.4 Å². The molecule has 3 rings (SSSR count). The van der Waals surface area contributed by atoms with Crippen molar-refractivity contribution in [3.05, 3.63) is 64.6 Å². The van der Waals surface area contributed by atoms with Gasteiger partial charge in [0, 0.05) is 35.9 Å². The van der Waals surface area contributed by atoms with E-state index in [1.807, 2.05) is 44.2 Å². The molecule has 0 spiro atoms. The Labute approximate surface area is 205 Å². The molecule has 0 radical (unpaired) electrons. The molecular weight excluding hydrogens is 446 g/mol. The lowest BCUT2D eigenvalue weighted by molar-refractivity contribution is 0.0522.